The fourth-order valence-corrected chi connectivity index (χ4v) is 3.97. The Morgan fingerprint density at radius 3 is 2.41 bits per heavy atom. The second-order valence-electron chi connectivity index (χ2n) is 8.58. The van der Waals surface area contributed by atoms with Crippen molar-refractivity contribution in [3.63, 3.8) is 0 Å². The summed E-state index contributed by atoms with van der Waals surface area (Å²) in [5.74, 6) is 0.809. The molecule has 4 rings (SSSR count). The minimum Gasteiger partial charge on any atom is -0.491 e. The molecule has 1 aliphatic carbocycles. The van der Waals surface area contributed by atoms with E-state index in [9.17, 15) is 10.1 Å². The minimum atomic E-state index is 0.280. The Hall–Kier alpha value is -3.50. The maximum absolute atomic E-state index is 9.98. The van der Waals surface area contributed by atoms with E-state index in [4.69, 9.17) is 9.47 Å². The van der Waals surface area contributed by atoms with Gasteiger partial charge in [-0.15, -0.1) is 0 Å². The predicted octanol–water partition coefficient (Wildman–Crippen LogP) is 5.11. The van der Waals surface area contributed by atoms with E-state index in [0.29, 0.717) is 25.7 Å². The molecule has 7 nitrogen and oxygen atoms in total. The molecule has 0 spiro atoms. The zero-order valence-electron chi connectivity index (χ0n) is 20.4. The van der Waals surface area contributed by atoms with Gasteiger partial charge in [0, 0.05) is 43.4 Å². The van der Waals surface area contributed by atoms with Crippen molar-refractivity contribution in [2.45, 2.75) is 45.2 Å². The maximum atomic E-state index is 9.98. The number of ether oxygens (including phenoxy) is 2. The van der Waals surface area contributed by atoms with Crippen LogP contribution in [0.25, 0.3) is 22.2 Å². The number of nitrogens with zero attached hydrogens (tertiary/aromatic N) is 2. The van der Waals surface area contributed by atoms with Gasteiger partial charge in [-0.3, -0.25) is 4.79 Å². The fraction of sp³-hybridized carbons (Fsp3) is 0.407. The number of methoxy groups -OCH3 is 1. The van der Waals surface area contributed by atoms with Crippen molar-refractivity contribution in [2.75, 3.05) is 32.7 Å². The number of fused-ring (bicyclic) bond motifs is 1. The van der Waals surface area contributed by atoms with Crippen LogP contribution in [0.15, 0.2) is 42.5 Å². The van der Waals surface area contributed by atoms with E-state index >= 15 is 0 Å². The van der Waals surface area contributed by atoms with Crippen LogP contribution >= 0.6 is 0 Å². The van der Waals surface area contributed by atoms with Gasteiger partial charge in [0.25, 0.3) is 0 Å². The summed E-state index contributed by atoms with van der Waals surface area (Å²) in [4.78, 5) is 9.50. The molecule has 0 unspecified atom stereocenters. The van der Waals surface area contributed by atoms with Gasteiger partial charge in [-0.2, -0.15) is 5.26 Å². The molecule has 3 aromatic rings. The first-order valence-corrected chi connectivity index (χ1v) is 11.7. The Bertz CT molecular complexity index is 1130. The van der Waals surface area contributed by atoms with Gasteiger partial charge in [0.05, 0.1) is 23.4 Å². The van der Waals surface area contributed by atoms with Crippen molar-refractivity contribution in [1.82, 2.24) is 9.88 Å². The summed E-state index contributed by atoms with van der Waals surface area (Å²) >= 11 is 0. The summed E-state index contributed by atoms with van der Waals surface area (Å²) in [7, 11) is 3.57. The van der Waals surface area contributed by atoms with Crippen molar-refractivity contribution in [1.29, 1.82) is 5.26 Å². The molecule has 7 heteroatoms. The van der Waals surface area contributed by atoms with Gasteiger partial charge in [-0.1, -0.05) is 12.1 Å². The molecule has 0 radical (unpaired) electrons. The molecular formula is C27H34N4O3. The van der Waals surface area contributed by atoms with E-state index in [-0.39, 0.29) is 6.04 Å². The second kappa shape index (κ2) is 12.1. The molecule has 2 aromatic carbocycles. The molecule has 1 amide bonds. The lowest BCUT2D eigenvalue weighted by atomic mass is 9.92. The van der Waals surface area contributed by atoms with E-state index in [1.54, 1.807) is 7.11 Å². The van der Waals surface area contributed by atoms with Crippen molar-refractivity contribution in [2.24, 2.45) is 0 Å². The third-order valence-electron chi connectivity index (χ3n) is 5.93. The third-order valence-corrected chi connectivity index (χ3v) is 5.93. The molecule has 1 fully saturated rings. The highest BCUT2D eigenvalue weighted by Gasteiger charge is 2.28. The van der Waals surface area contributed by atoms with Crippen LogP contribution in [0.4, 0.5) is 5.69 Å². The third kappa shape index (κ3) is 5.70. The van der Waals surface area contributed by atoms with Gasteiger partial charge in [-0.25, -0.2) is 0 Å². The number of nitrogens with one attached hydrogen (secondary N) is 2. The van der Waals surface area contributed by atoms with Crippen LogP contribution < -0.4 is 15.4 Å². The quantitative estimate of drug-likeness (QED) is 0.341. The van der Waals surface area contributed by atoms with E-state index in [1.165, 1.54) is 6.42 Å². The summed E-state index contributed by atoms with van der Waals surface area (Å²) in [6.45, 7) is 4.88. The van der Waals surface area contributed by atoms with Crippen molar-refractivity contribution >= 4 is 23.0 Å². The standard InChI is InChI=1S/C23H25N3O2.C4H9NO/c1-25-17-8-6-16(7-9-17)23-21(15-24)20-11-10-19(28-13-12-27-2)14-22(20)26(23)18-4-3-5-18;1-4(2)5-3-6/h6-11,14,18,25H,3-5,12-13H2,1-2H3;3-4H,1-2H3,(H,5,6). The van der Waals surface area contributed by atoms with Crippen LogP contribution in [-0.2, 0) is 9.53 Å². The van der Waals surface area contributed by atoms with Crippen LogP contribution in [0, 0.1) is 11.3 Å². The SMILES string of the molecule is CC(C)NC=O.CNc1ccc(-c2c(C#N)c3ccc(OCCOC)cc3n2C2CCC2)cc1. The van der Waals surface area contributed by atoms with Crippen molar-refractivity contribution in [3.8, 4) is 23.1 Å². The van der Waals surface area contributed by atoms with Crippen LogP contribution in [0.3, 0.4) is 0 Å². The molecule has 2 N–H and O–H groups in total. The summed E-state index contributed by atoms with van der Waals surface area (Å²) in [6, 6.07) is 17.5. The Morgan fingerprint density at radius 1 is 1.18 bits per heavy atom. The summed E-state index contributed by atoms with van der Waals surface area (Å²) in [5, 5.41) is 16.7. The molecule has 34 heavy (non-hydrogen) atoms. The van der Waals surface area contributed by atoms with Gasteiger partial charge >= 0.3 is 0 Å². The molecule has 0 bridgehead atoms. The largest absolute Gasteiger partial charge is 0.491 e. The average molecular weight is 463 g/mol. The molecule has 0 aliphatic heterocycles. The van der Waals surface area contributed by atoms with Crippen LogP contribution in [0.1, 0.15) is 44.7 Å². The maximum Gasteiger partial charge on any atom is 0.207 e. The van der Waals surface area contributed by atoms with Crippen LogP contribution in [-0.4, -0.2) is 44.4 Å². The van der Waals surface area contributed by atoms with Gasteiger partial charge in [0.2, 0.25) is 6.41 Å². The monoisotopic (exact) mass is 462 g/mol. The summed E-state index contributed by atoms with van der Waals surface area (Å²) in [6.07, 6.45) is 4.22. The Labute approximate surface area is 201 Å². The first kappa shape index (κ1) is 25.1. The number of hydrogen-bond acceptors (Lipinski definition) is 5. The van der Waals surface area contributed by atoms with E-state index in [0.717, 1.165) is 52.0 Å². The predicted molar refractivity (Wildman–Crippen MR) is 136 cm³/mol. The Morgan fingerprint density at radius 2 is 1.91 bits per heavy atom. The fourth-order valence-electron chi connectivity index (χ4n) is 3.97. The van der Waals surface area contributed by atoms with E-state index in [1.807, 2.05) is 33.0 Å². The smallest absolute Gasteiger partial charge is 0.207 e. The molecule has 1 saturated carbocycles. The Kier molecular flexibility index (Phi) is 8.94. The number of amides is 1. The highest BCUT2D eigenvalue weighted by atomic mass is 16.5. The number of anilines is 1. The lowest BCUT2D eigenvalue weighted by molar-refractivity contribution is -0.109. The number of benzene rings is 2. The zero-order chi connectivity index (χ0) is 24.5. The summed E-state index contributed by atoms with van der Waals surface area (Å²) in [5.41, 5.74) is 4.95. The van der Waals surface area contributed by atoms with Gasteiger partial charge in [0.15, 0.2) is 0 Å². The lowest BCUT2D eigenvalue weighted by Crippen LogP contribution is -2.19. The van der Waals surface area contributed by atoms with Crippen LogP contribution in [0.2, 0.25) is 0 Å². The number of carbonyl (C=O) groups excluding carboxylic acids is 1. The first-order chi connectivity index (χ1) is 16.5. The lowest BCUT2D eigenvalue weighted by Gasteiger charge is -2.30. The van der Waals surface area contributed by atoms with Crippen LogP contribution in [0.5, 0.6) is 5.75 Å². The molecule has 180 valence electrons. The number of hydrogen-bond donors (Lipinski definition) is 2. The second-order valence-corrected chi connectivity index (χ2v) is 8.58. The zero-order valence-corrected chi connectivity index (χ0v) is 20.4. The van der Waals surface area contributed by atoms with Gasteiger partial charge in [-0.05, 0) is 62.9 Å². The van der Waals surface area contributed by atoms with Gasteiger partial charge < -0.3 is 24.7 Å². The Balaban J connectivity index is 0.000000481. The number of aromatic nitrogens is 1. The van der Waals surface area contributed by atoms with Crippen molar-refractivity contribution < 1.29 is 14.3 Å². The highest BCUT2D eigenvalue weighted by molar-refractivity contribution is 5.95. The summed E-state index contributed by atoms with van der Waals surface area (Å²) < 4.78 is 13.3. The van der Waals surface area contributed by atoms with E-state index < -0.39 is 0 Å². The first-order valence-electron chi connectivity index (χ1n) is 11.7. The number of carbonyl (C=O) groups is 1. The molecule has 1 heterocycles. The van der Waals surface area contributed by atoms with E-state index in [2.05, 4.69) is 51.6 Å². The topological polar surface area (TPSA) is 88.3 Å². The highest BCUT2D eigenvalue weighted by Crippen LogP contribution is 2.43. The average Bonchev–Trinajstić information content (AvgIpc) is 3.12. The molecular weight excluding hydrogens is 428 g/mol. The minimum absolute atomic E-state index is 0.280. The number of nitriles is 1. The molecule has 0 saturated heterocycles. The van der Waals surface area contributed by atoms with Crippen molar-refractivity contribution in [3.05, 3.63) is 48.0 Å². The normalized spacial score (nSPS) is 12.9. The molecule has 1 aromatic heterocycles. The molecule has 1 aliphatic rings. The van der Waals surface area contributed by atoms with Gasteiger partial charge in [0.1, 0.15) is 18.4 Å². The number of rotatable bonds is 9. The molecule has 0 atom stereocenters.